The van der Waals surface area contributed by atoms with Gasteiger partial charge in [0, 0.05) is 12.1 Å². The lowest BCUT2D eigenvalue weighted by Crippen LogP contribution is -2.51. The van der Waals surface area contributed by atoms with Gasteiger partial charge >= 0.3 is 0 Å². The van der Waals surface area contributed by atoms with E-state index in [0.717, 1.165) is 13.0 Å². The second-order valence-electron chi connectivity index (χ2n) is 4.76. The van der Waals surface area contributed by atoms with Gasteiger partial charge in [-0.1, -0.05) is 6.92 Å². The van der Waals surface area contributed by atoms with E-state index in [4.69, 9.17) is 5.11 Å². The van der Waals surface area contributed by atoms with Crippen LogP contribution in [0, 0.1) is 0 Å². The van der Waals surface area contributed by atoms with E-state index in [1.54, 1.807) is 0 Å². The molecule has 0 radical (unpaired) electrons. The minimum atomic E-state index is -0.283. The van der Waals surface area contributed by atoms with Crippen LogP contribution in [0.4, 0.5) is 0 Å². The molecule has 1 amide bonds. The van der Waals surface area contributed by atoms with E-state index in [1.807, 2.05) is 27.7 Å². The van der Waals surface area contributed by atoms with Crippen molar-refractivity contribution in [2.75, 3.05) is 13.2 Å². The van der Waals surface area contributed by atoms with Gasteiger partial charge in [0.25, 0.3) is 0 Å². The Kier molecular flexibility index (Phi) is 6.52. The Hall–Kier alpha value is -0.610. The minimum Gasteiger partial charge on any atom is -0.396 e. The van der Waals surface area contributed by atoms with Crippen molar-refractivity contribution in [3.8, 4) is 0 Å². The molecule has 0 aliphatic heterocycles. The first-order valence-electron chi connectivity index (χ1n) is 5.57. The zero-order valence-corrected chi connectivity index (χ0v) is 10.3. The van der Waals surface area contributed by atoms with Gasteiger partial charge in [0.1, 0.15) is 0 Å². The van der Waals surface area contributed by atoms with Gasteiger partial charge in [0.05, 0.1) is 6.04 Å². The van der Waals surface area contributed by atoms with Crippen LogP contribution in [0.15, 0.2) is 0 Å². The Morgan fingerprint density at radius 1 is 1.40 bits per heavy atom. The monoisotopic (exact) mass is 216 g/mol. The number of rotatable bonds is 6. The fraction of sp³-hybridized carbons (Fsp3) is 0.909. The van der Waals surface area contributed by atoms with Crippen molar-refractivity contribution in [3.63, 3.8) is 0 Å². The lowest BCUT2D eigenvalue weighted by atomic mass is 10.1. The number of carbonyl (C=O) groups is 1. The lowest BCUT2D eigenvalue weighted by molar-refractivity contribution is -0.125. The average molecular weight is 216 g/mol. The van der Waals surface area contributed by atoms with Crippen LogP contribution in [-0.2, 0) is 4.79 Å². The van der Waals surface area contributed by atoms with E-state index in [-0.39, 0.29) is 24.1 Å². The molecule has 0 fully saturated rings. The molecule has 0 saturated carbocycles. The SMILES string of the molecule is CCCNC(CCO)C(=O)NC(C)(C)C. The third kappa shape index (κ3) is 7.33. The second-order valence-corrected chi connectivity index (χ2v) is 4.76. The number of carbonyl (C=O) groups excluding carboxylic acids is 1. The quantitative estimate of drug-likeness (QED) is 0.611. The summed E-state index contributed by atoms with van der Waals surface area (Å²) in [6, 6.07) is -0.283. The van der Waals surface area contributed by atoms with Gasteiger partial charge in [-0.15, -0.1) is 0 Å². The van der Waals surface area contributed by atoms with E-state index in [0.29, 0.717) is 6.42 Å². The third-order valence-corrected chi connectivity index (χ3v) is 1.87. The molecular weight excluding hydrogens is 192 g/mol. The number of aliphatic hydroxyl groups is 1. The first kappa shape index (κ1) is 14.4. The molecule has 0 bridgehead atoms. The van der Waals surface area contributed by atoms with E-state index >= 15 is 0 Å². The zero-order valence-electron chi connectivity index (χ0n) is 10.3. The summed E-state index contributed by atoms with van der Waals surface area (Å²) in [5.41, 5.74) is -0.224. The lowest BCUT2D eigenvalue weighted by Gasteiger charge is -2.25. The fourth-order valence-electron chi connectivity index (χ4n) is 1.23. The highest BCUT2D eigenvalue weighted by Crippen LogP contribution is 2.01. The summed E-state index contributed by atoms with van der Waals surface area (Å²) in [6.45, 7) is 8.70. The van der Waals surface area contributed by atoms with Crippen molar-refractivity contribution >= 4 is 5.91 Å². The molecule has 0 spiro atoms. The molecule has 0 aromatic carbocycles. The summed E-state index contributed by atoms with van der Waals surface area (Å²) in [5.74, 6) is -0.0370. The van der Waals surface area contributed by atoms with Crippen molar-refractivity contribution in [1.82, 2.24) is 10.6 Å². The molecule has 90 valence electrons. The van der Waals surface area contributed by atoms with E-state index in [1.165, 1.54) is 0 Å². The predicted octanol–water partition coefficient (Wildman–Crippen LogP) is 0.652. The maximum Gasteiger partial charge on any atom is 0.237 e. The highest BCUT2D eigenvalue weighted by Gasteiger charge is 2.21. The normalized spacial score (nSPS) is 13.7. The van der Waals surface area contributed by atoms with Gasteiger partial charge in [-0.2, -0.15) is 0 Å². The molecule has 3 N–H and O–H groups in total. The molecule has 0 aromatic heterocycles. The summed E-state index contributed by atoms with van der Waals surface area (Å²) in [7, 11) is 0. The summed E-state index contributed by atoms with van der Waals surface area (Å²) in [4.78, 5) is 11.8. The molecule has 0 aromatic rings. The van der Waals surface area contributed by atoms with Gasteiger partial charge in [-0.3, -0.25) is 4.79 Å². The smallest absolute Gasteiger partial charge is 0.237 e. The first-order chi connectivity index (χ1) is 6.90. The highest BCUT2D eigenvalue weighted by atomic mass is 16.3. The Labute approximate surface area is 92.4 Å². The van der Waals surface area contributed by atoms with Crippen LogP contribution in [0.1, 0.15) is 40.5 Å². The molecule has 0 saturated heterocycles. The molecule has 4 heteroatoms. The number of hydrogen-bond donors (Lipinski definition) is 3. The van der Waals surface area contributed by atoms with Crippen molar-refractivity contribution < 1.29 is 9.90 Å². The third-order valence-electron chi connectivity index (χ3n) is 1.87. The Morgan fingerprint density at radius 2 is 2.00 bits per heavy atom. The molecule has 0 aliphatic rings. The van der Waals surface area contributed by atoms with Gasteiger partial charge in [-0.05, 0) is 40.2 Å². The molecule has 0 heterocycles. The highest BCUT2D eigenvalue weighted by molar-refractivity contribution is 5.82. The van der Waals surface area contributed by atoms with Crippen LogP contribution >= 0.6 is 0 Å². The van der Waals surface area contributed by atoms with Crippen LogP contribution < -0.4 is 10.6 Å². The van der Waals surface area contributed by atoms with Crippen LogP contribution in [-0.4, -0.2) is 35.7 Å². The summed E-state index contributed by atoms with van der Waals surface area (Å²) < 4.78 is 0. The topological polar surface area (TPSA) is 61.4 Å². The van der Waals surface area contributed by atoms with Crippen LogP contribution in [0.3, 0.4) is 0 Å². The number of nitrogens with one attached hydrogen (secondary N) is 2. The summed E-state index contributed by atoms with van der Waals surface area (Å²) >= 11 is 0. The second kappa shape index (κ2) is 6.80. The van der Waals surface area contributed by atoms with Crippen molar-refractivity contribution in [1.29, 1.82) is 0 Å². The minimum absolute atomic E-state index is 0.0267. The molecular formula is C11H24N2O2. The zero-order chi connectivity index (χ0) is 11.9. The van der Waals surface area contributed by atoms with Gasteiger partial charge < -0.3 is 15.7 Å². The number of amides is 1. The van der Waals surface area contributed by atoms with Gasteiger partial charge in [0.15, 0.2) is 0 Å². The average Bonchev–Trinajstić information content (AvgIpc) is 2.09. The van der Waals surface area contributed by atoms with E-state index < -0.39 is 0 Å². The maximum absolute atomic E-state index is 11.8. The van der Waals surface area contributed by atoms with Crippen LogP contribution in [0.2, 0.25) is 0 Å². The van der Waals surface area contributed by atoms with E-state index in [2.05, 4.69) is 10.6 Å². The Balaban J connectivity index is 4.15. The van der Waals surface area contributed by atoms with Crippen LogP contribution in [0.25, 0.3) is 0 Å². The standard InChI is InChI=1S/C11H24N2O2/c1-5-7-12-9(6-8-14)10(15)13-11(2,3)4/h9,12,14H,5-8H2,1-4H3,(H,13,15). The molecule has 1 atom stereocenters. The first-order valence-corrected chi connectivity index (χ1v) is 5.57. The Bertz CT molecular complexity index is 188. The van der Waals surface area contributed by atoms with Crippen molar-refractivity contribution in [3.05, 3.63) is 0 Å². The number of aliphatic hydroxyl groups excluding tert-OH is 1. The Morgan fingerprint density at radius 3 is 2.40 bits per heavy atom. The predicted molar refractivity (Wildman–Crippen MR) is 61.7 cm³/mol. The molecule has 4 nitrogen and oxygen atoms in total. The maximum atomic E-state index is 11.8. The molecule has 1 unspecified atom stereocenters. The van der Waals surface area contributed by atoms with Gasteiger partial charge in [-0.25, -0.2) is 0 Å². The van der Waals surface area contributed by atoms with Crippen LogP contribution in [0.5, 0.6) is 0 Å². The summed E-state index contributed by atoms with van der Waals surface area (Å²) in [6.07, 6.45) is 1.44. The van der Waals surface area contributed by atoms with E-state index in [9.17, 15) is 4.79 Å². The fourth-order valence-corrected chi connectivity index (χ4v) is 1.23. The number of hydrogen-bond acceptors (Lipinski definition) is 3. The van der Waals surface area contributed by atoms with Crippen molar-refractivity contribution in [2.45, 2.75) is 52.1 Å². The molecule has 0 rings (SSSR count). The van der Waals surface area contributed by atoms with Crippen molar-refractivity contribution in [2.24, 2.45) is 0 Å². The largest absolute Gasteiger partial charge is 0.396 e. The van der Waals surface area contributed by atoms with Gasteiger partial charge in [0.2, 0.25) is 5.91 Å². The summed E-state index contributed by atoms with van der Waals surface area (Å²) in [5, 5.41) is 14.9. The molecule has 0 aliphatic carbocycles. The molecule has 15 heavy (non-hydrogen) atoms.